The van der Waals surface area contributed by atoms with Crippen molar-refractivity contribution in [2.45, 2.75) is 26.3 Å². The van der Waals surface area contributed by atoms with Crippen molar-refractivity contribution in [3.8, 4) is 5.75 Å². The van der Waals surface area contributed by atoms with Crippen LogP contribution in [-0.2, 0) is 6.42 Å². The number of aromatic nitrogens is 1. The second kappa shape index (κ2) is 5.97. The van der Waals surface area contributed by atoms with E-state index in [2.05, 4.69) is 10.3 Å². The van der Waals surface area contributed by atoms with Gasteiger partial charge in [-0.15, -0.1) is 0 Å². The van der Waals surface area contributed by atoms with Crippen LogP contribution in [0.5, 0.6) is 5.75 Å². The van der Waals surface area contributed by atoms with Gasteiger partial charge in [-0.2, -0.15) is 0 Å². The monoisotopic (exact) mass is 316 g/mol. The topological polar surface area (TPSA) is 51.2 Å². The van der Waals surface area contributed by atoms with Crippen LogP contribution in [0.3, 0.4) is 0 Å². The fourth-order valence-electron chi connectivity index (χ4n) is 2.67. The number of halogens is 1. The molecule has 0 spiro atoms. The van der Waals surface area contributed by atoms with E-state index in [9.17, 15) is 4.79 Å². The number of carbonyl (C=O) groups is 1. The summed E-state index contributed by atoms with van der Waals surface area (Å²) in [7, 11) is 0. The Morgan fingerprint density at radius 2 is 2.27 bits per heavy atom. The maximum absolute atomic E-state index is 12.4. The normalized spacial score (nSPS) is 14.1. The molecule has 1 atom stereocenters. The molecule has 0 aliphatic carbocycles. The molecule has 1 aromatic heterocycles. The lowest BCUT2D eigenvalue weighted by atomic mass is 10.0. The molecule has 3 rings (SSSR count). The molecule has 0 saturated carbocycles. The van der Waals surface area contributed by atoms with E-state index in [0.717, 1.165) is 28.9 Å². The number of pyridine rings is 1. The Hall–Kier alpha value is -2.07. The minimum Gasteiger partial charge on any atom is -0.493 e. The van der Waals surface area contributed by atoms with Gasteiger partial charge in [-0.1, -0.05) is 11.6 Å². The quantitative estimate of drug-likeness (QED) is 0.943. The summed E-state index contributed by atoms with van der Waals surface area (Å²) in [6, 6.07) is 5.40. The molecular formula is C17H17ClN2O2. The van der Waals surface area contributed by atoms with E-state index in [1.807, 2.05) is 32.0 Å². The van der Waals surface area contributed by atoms with Crippen molar-refractivity contribution in [3.05, 3.63) is 57.9 Å². The maximum atomic E-state index is 12.4. The Labute approximate surface area is 134 Å². The second-order valence-corrected chi connectivity index (χ2v) is 5.90. The number of fused-ring (bicyclic) bond motifs is 1. The molecule has 1 amide bonds. The van der Waals surface area contributed by atoms with E-state index in [1.54, 1.807) is 12.4 Å². The van der Waals surface area contributed by atoms with Crippen molar-refractivity contribution in [2.24, 2.45) is 0 Å². The van der Waals surface area contributed by atoms with E-state index >= 15 is 0 Å². The number of ether oxygens (including phenoxy) is 1. The van der Waals surface area contributed by atoms with E-state index in [4.69, 9.17) is 16.3 Å². The van der Waals surface area contributed by atoms with Gasteiger partial charge in [0.15, 0.2) is 0 Å². The van der Waals surface area contributed by atoms with E-state index in [1.165, 1.54) is 0 Å². The number of carbonyl (C=O) groups excluding carboxylic acids is 1. The minimum atomic E-state index is -0.197. The summed E-state index contributed by atoms with van der Waals surface area (Å²) in [5, 5.41) is 3.66. The summed E-state index contributed by atoms with van der Waals surface area (Å²) in [4.78, 5) is 16.4. The van der Waals surface area contributed by atoms with Gasteiger partial charge in [-0.25, -0.2) is 0 Å². The van der Waals surface area contributed by atoms with Crippen molar-refractivity contribution in [1.82, 2.24) is 10.3 Å². The van der Waals surface area contributed by atoms with E-state index in [-0.39, 0.29) is 11.9 Å². The summed E-state index contributed by atoms with van der Waals surface area (Å²) in [5.74, 6) is 0.699. The van der Waals surface area contributed by atoms with Gasteiger partial charge in [0.2, 0.25) is 0 Å². The number of nitrogens with one attached hydrogen (secondary N) is 1. The lowest BCUT2D eigenvalue weighted by Crippen LogP contribution is -2.27. The molecule has 22 heavy (non-hydrogen) atoms. The van der Waals surface area contributed by atoms with Crippen molar-refractivity contribution in [1.29, 1.82) is 0 Å². The van der Waals surface area contributed by atoms with Gasteiger partial charge in [0, 0.05) is 29.4 Å². The molecule has 2 aromatic rings. The Kier molecular flexibility index (Phi) is 4.03. The summed E-state index contributed by atoms with van der Waals surface area (Å²) >= 11 is 6.17. The fraction of sp³-hybridized carbons (Fsp3) is 0.294. The number of amides is 1. The van der Waals surface area contributed by atoms with Crippen molar-refractivity contribution < 1.29 is 9.53 Å². The third-order valence-electron chi connectivity index (χ3n) is 3.87. The number of benzene rings is 1. The summed E-state index contributed by atoms with van der Waals surface area (Å²) in [5.41, 5.74) is 3.48. The zero-order valence-corrected chi connectivity index (χ0v) is 13.3. The largest absolute Gasteiger partial charge is 0.493 e. The third-order valence-corrected chi connectivity index (χ3v) is 4.09. The Balaban J connectivity index is 1.85. The Morgan fingerprint density at radius 1 is 1.45 bits per heavy atom. The molecule has 4 nitrogen and oxygen atoms in total. The molecular weight excluding hydrogens is 300 g/mol. The van der Waals surface area contributed by atoms with Crippen LogP contribution in [0.25, 0.3) is 0 Å². The highest BCUT2D eigenvalue weighted by Gasteiger charge is 2.22. The van der Waals surface area contributed by atoms with Crippen molar-refractivity contribution in [2.75, 3.05) is 6.61 Å². The molecule has 0 fully saturated rings. The van der Waals surface area contributed by atoms with Gasteiger partial charge in [-0.05, 0) is 43.2 Å². The molecule has 0 saturated heterocycles. The molecule has 5 heteroatoms. The average Bonchev–Trinajstić information content (AvgIpc) is 2.94. The second-order valence-electron chi connectivity index (χ2n) is 5.47. The molecule has 1 aromatic carbocycles. The molecule has 1 aliphatic heterocycles. The Morgan fingerprint density at radius 3 is 3.05 bits per heavy atom. The Bertz CT molecular complexity index is 731. The van der Waals surface area contributed by atoms with Crippen LogP contribution in [0, 0.1) is 6.92 Å². The lowest BCUT2D eigenvalue weighted by molar-refractivity contribution is 0.0938. The minimum absolute atomic E-state index is 0.148. The molecule has 0 bridgehead atoms. The van der Waals surface area contributed by atoms with Crippen molar-refractivity contribution >= 4 is 17.5 Å². The van der Waals surface area contributed by atoms with Gasteiger partial charge in [0.1, 0.15) is 5.75 Å². The number of aryl methyl sites for hydroxylation is 1. The fourth-order valence-corrected chi connectivity index (χ4v) is 2.92. The highest BCUT2D eigenvalue weighted by Crippen LogP contribution is 2.36. The predicted molar refractivity (Wildman–Crippen MR) is 85.5 cm³/mol. The van der Waals surface area contributed by atoms with E-state index in [0.29, 0.717) is 17.2 Å². The first kappa shape index (κ1) is 14.9. The molecule has 1 N–H and O–H groups in total. The van der Waals surface area contributed by atoms with Crippen LogP contribution in [-0.4, -0.2) is 17.5 Å². The molecule has 1 aliphatic rings. The standard InChI is InChI=1S/C17H17ClN2O2/c1-10-3-5-19-9-15(10)17(21)20-11(2)14-8-13(18)7-12-4-6-22-16(12)14/h3,5,7-9,11H,4,6H2,1-2H3,(H,20,21). The van der Waals surface area contributed by atoms with Crippen LogP contribution in [0.2, 0.25) is 5.02 Å². The first-order chi connectivity index (χ1) is 10.6. The molecule has 114 valence electrons. The van der Waals surface area contributed by atoms with Crippen molar-refractivity contribution in [3.63, 3.8) is 0 Å². The van der Waals surface area contributed by atoms with Crippen LogP contribution in [0.1, 0.15) is 40.0 Å². The van der Waals surface area contributed by atoms with Gasteiger partial charge in [-0.3, -0.25) is 9.78 Å². The van der Waals surface area contributed by atoms with Crippen LogP contribution in [0.15, 0.2) is 30.6 Å². The van der Waals surface area contributed by atoms with Crippen LogP contribution < -0.4 is 10.1 Å². The molecule has 2 heterocycles. The number of rotatable bonds is 3. The first-order valence-corrected chi connectivity index (χ1v) is 7.60. The van der Waals surface area contributed by atoms with Crippen LogP contribution in [0.4, 0.5) is 0 Å². The predicted octanol–water partition coefficient (Wildman–Crippen LogP) is 3.47. The highest BCUT2D eigenvalue weighted by molar-refractivity contribution is 6.30. The summed E-state index contributed by atoms with van der Waals surface area (Å²) in [6.07, 6.45) is 4.11. The number of hydrogen-bond donors (Lipinski definition) is 1. The zero-order chi connectivity index (χ0) is 15.7. The molecule has 1 unspecified atom stereocenters. The third kappa shape index (κ3) is 2.79. The van der Waals surface area contributed by atoms with Gasteiger partial charge >= 0.3 is 0 Å². The SMILES string of the molecule is Cc1ccncc1C(=O)NC(C)c1cc(Cl)cc2c1OCC2. The first-order valence-electron chi connectivity index (χ1n) is 7.23. The van der Waals surface area contributed by atoms with Gasteiger partial charge < -0.3 is 10.1 Å². The average molecular weight is 317 g/mol. The van der Waals surface area contributed by atoms with Crippen LogP contribution >= 0.6 is 11.6 Å². The number of nitrogens with zero attached hydrogens (tertiary/aromatic N) is 1. The van der Waals surface area contributed by atoms with Gasteiger partial charge in [0.25, 0.3) is 5.91 Å². The highest BCUT2D eigenvalue weighted by atomic mass is 35.5. The van der Waals surface area contributed by atoms with Gasteiger partial charge in [0.05, 0.1) is 18.2 Å². The molecule has 0 radical (unpaired) electrons. The summed E-state index contributed by atoms with van der Waals surface area (Å²) in [6.45, 7) is 4.48. The smallest absolute Gasteiger partial charge is 0.253 e. The summed E-state index contributed by atoms with van der Waals surface area (Å²) < 4.78 is 5.69. The number of hydrogen-bond acceptors (Lipinski definition) is 3. The van der Waals surface area contributed by atoms with E-state index < -0.39 is 0 Å². The zero-order valence-electron chi connectivity index (χ0n) is 12.5. The lowest BCUT2D eigenvalue weighted by Gasteiger charge is -2.18. The maximum Gasteiger partial charge on any atom is 0.253 e.